The minimum atomic E-state index is -1.14. The molecule has 0 saturated heterocycles. The predicted molar refractivity (Wildman–Crippen MR) is 93.7 cm³/mol. The molecule has 0 aliphatic heterocycles. The van der Waals surface area contributed by atoms with Gasteiger partial charge in [0.25, 0.3) is 5.56 Å². The highest BCUT2D eigenvalue weighted by molar-refractivity contribution is 7.89. The van der Waals surface area contributed by atoms with Crippen LogP contribution in [-0.2, 0) is 24.1 Å². The van der Waals surface area contributed by atoms with Crippen LogP contribution < -0.4 is 15.9 Å². The number of aryl methyl sites for hydroxylation is 1. The predicted octanol–water partition coefficient (Wildman–Crippen LogP) is 1.34. The monoisotopic (exact) mass is 348 g/mol. The lowest BCUT2D eigenvalue weighted by molar-refractivity contribution is 0.300. The van der Waals surface area contributed by atoms with E-state index in [1.807, 2.05) is 0 Å². The summed E-state index contributed by atoms with van der Waals surface area (Å²) in [6.07, 6.45) is 7.23. The Balaban J connectivity index is 2.05. The number of ether oxygens (including phenoxy) is 1. The minimum Gasteiger partial charge on any atom is -0.615 e. The maximum Gasteiger partial charge on any atom is 0.257 e. The van der Waals surface area contributed by atoms with E-state index in [0.29, 0.717) is 18.3 Å². The fourth-order valence-electron chi connectivity index (χ4n) is 2.43. The fourth-order valence-corrected chi connectivity index (χ4v) is 3.03. The molecule has 1 saturated carbocycles. The third kappa shape index (κ3) is 3.91. The molecule has 3 rings (SSSR count). The summed E-state index contributed by atoms with van der Waals surface area (Å²) in [4.78, 5) is 23.8. The summed E-state index contributed by atoms with van der Waals surface area (Å²) in [5, 5.41) is 0. The van der Waals surface area contributed by atoms with Crippen LogP contribution in [0.2, 0.25) is 0 Å². The van der Waals surface area contributed by atoms with E-state index in [0.717, 1.165) is 24.0 Å². The van der Waals surface area contributed by atoms with Gasteiger partial charge in [0.15, 0.2) is 5.88 Å². The zero-order chi connectivity index (χ0) is 17.3. The first kappa shape index (κ1) is 16.9. The fraction of sp³-hybridized carbons (Fsp3) is 0.412. The molecule has 0 amide bonds. The van der Waals surface area contributed by atoms with Gasteiger partial charge in [-0.1, -0.05) is 0 Å². The topological polar surface area (TPSA) is 76.3 Å². The van der Waals surface area contributed by atoms with Gasteiger partial charge in [-0.3, -0.25) is 14.2 Å². The van der Waals surface area contributed by atoms with Gasteiger partial charge in [-0.2, -0.15) is 0 Å². The zero-order valence-corrected chi connectivity index (χ0v) is 14.5. The van der Waals surface area contributed by atoms with Crippen LogP contribution in [-0.4, -0.2) is 26.5 Å². The molecular formula is C17H20N2O4S. The van der Waals surface area contributed by atoms with E-state index >= 15 is 0 Å². The van der Waals surface area contributed by atoms with Gasteiger partial charge in [-0.05, 0) is 36.0 Å². The van der Waals surface area contributed by atoms with Gasteiger partial charge in [0, 0.05) is 42.7 Å². The molecule has 1 fully saturated rings. The van der Waals surface area contributed by atoms with Gasteiger partial charge in [-0.25, -0.2) is 0 Å². The lowest BCUT2D eigenvalue weighted by atomic mass is 10.1. The van der Waals surface area contributed by atoms with Gasteiger partial charge in [0.2, 0.25) is 5.56 Å². The minimum absolute atomic E-state index is 0.109. The van der Waals surface area contributed by atoms with Crippen molar-refractivity contribution >= 4 is 11.2 Å². The van der Waals surface area contributed by atoms with Crippen LogP contribution in [0.1, 0.15) is 12.8 Å². The van der Waals surface area contributed by atoms with E-state index in [9.17, 15) is 14.1 Å². The second kappa shape index (κ2) is 6.86. The first-order chi connectivity index (χ1) is 11.4. The molecule has 2 aromatic heterocycles. The summed E-state index contributed by atoms with van der Waals surface area (Å²) >= 11 is -1.14. The number of nitrogens with zero attached hydrogens (tertiary/aromatic N) is 2. The Kier molecular flexibility index (Phi) is 4.82. The van der Waals surface area contributed by atoms with Crippen LogP contribution in [0, 0.1) is 5.92 Å². The number of rotatable bonds is 6. The van der Waals surface area contributed by atoms with E-state index in [1.54, 1.807) is 31.8 Å². The van der Waals surface area contributed by atoms with E-state index in [2.05, 4.69) is 0 Å². The summed E-state index contributed by atoms with van der Waals surface area (Å²) in [6.45, 7) is 0.585. The summed E-state index contributed by atoms with van der Waals surface area (Å²) in [5.74, 6) is 1.19. The van der Waals surface area contributed by atoms with E-state index in [-0.39, 0.29) is 17.0 Å². The van der Waals surface area contributed by atoms with E-state index in [1.165, 1.54) is 21.3 Å². The van der Waals surface area contributed by atoms with E-state index < -0.39 is 11.2 Å². The average molecular weight is 348 g/mol. The summed E-state index contributed by atoms with van der Waals surface area (Å²) < 4.78 is 20.2. The molecule has 1 aliphatic carbocycles. The van der Waals surface area contributed by atoms with Crippen LogP contribution in [0.25, 0.3) is 11.1 Å². The number of aromatic nitrogens is 2. The molecule has 0 aromatic carbocycles. The Bertz CT molecular complexity index is 852. The summed E-state index contributed by atoms with van der Waals surface area (Å²) in [7, 11) is 1.67. The zero-order valence-electron chi connectivity index (χ0n) is 13.7. The summed E-state index contributed by atoms with van der Waals surface area (Å²) in [6, 6.07) is 4.63. The molecule has 0 bridgehead atoms. The molecular weight excluding hydrogens is 328 g/mol. The van der Waals surface area contributed by atoms with Crippen LogP contribution in [0.15, 0.2) is 40.2 Å². The van der Waals surface area contributed by atoms with Crippen molar-refractivity contribution in [3.8, 4) is 16.9 Å². The Morgan fingerprint density at radius 1 is 1.25 bits per heavy atom. The van der Waals surface area contributed by atoms with Crippen LogP contribution >= 0.6 is 0 Å². The first-order valence-corrected chi connectivity index (χ1v) is 9.51. The normalized spacial score (nSPS) is 15.3. The van der Waals surface area contributed by atoms with Crippen molar-refractivity contribution in [1.82, 2.24) is 9.13 Å². The standard InChI is InChI=1S/C17H20N2O4S/c1-18-8-13(5-6-16(18)20)14-9-19(11-24(2)22)17(21)7-15(14)23-10-12-3-4-12/h5-9,12H,3-4,10-11H2,1-2H3. The molecule has 2 heterocycles. The van der Waals surface area contributed by atoms with Gasteiger partial charge in [0.1, 0.15) is 5.75 Å². The highest BCUT2D eigenvalue weighted by Gasteiger charge is 2.23. The van der Waals surface area contributed by atoms with Crippen molar-refractivity contribution in [3.05, 3.63) is 51.3 Å². The quantitative estimate of drug-likeness (QED) is 0.738. The Hall–Kier alpha value is -1.99. The third-order valence-electron chi connectivity index (χ3n) is 3.98. The largest absolute Gasteiger partial charge is 0.615 e. The highest BCUT2D eigenvalue weighted by atomic mass is 32.2. The lowest BCUT2D eigenvalue weighted by Gasteiger charge is -2.15. The molecule has 6 nitrogen and oxygen atoms in total. The molecule has 128 valence electrons. The molecule has 24 heavy (non-hydrogen) atoms. The van der Waals surface area contributed by atoms with Crippen molar-refractivity contribution in [3.63, 3.8) is 0 Å². The van der Waals surface area contributed by atoms with Crippen molar-refractivity contribution in [2.24, 2.45) is 13.0 Å². The smallest absolute Gasteiger partial charge is 0.257 e. The Morgan fingerprint density at radius 3 is 2.62 bits per heavy atom. The summed E-state index contributed by atoms with van der Waals surface area (Å²) in [5.41, 5.74) is 1.14. The maximum absolute atomic E-state index is 12.2. The van der Waals surface area contributed by atoms with Gasteiger partial charge in [0.05, 0.1) is 12.9 Å². The van der Waals surface area contributed by atoms with Crippen molar-refractivity contribution in [2.75, 3.05) is 12.9 Å². The number of hydrogen-bond acceptors (Lipinski definition) is 4. The van der Waals surface area contributed by atoms with Gasteiger partial charge in [-0.15, -0.1) is 0 Å². The SMILES string of the molecule is Cn1cc(-c2cn(C[S+](C)[O-])c(=O)cc2OCC2CC2)ccc1=O. The number of pyridine rings is 2. The second-order valence-corrected chi connectivity index (χ2v) is 7.59. The third-order valence-corrected chi connectivity index (χ3v) is 4.62. The molecule has 0 radical (unpaired) electrons. The number of hydrogen-bond donors (Lipinski definition) is 0. The van der Waals surface area contributed by atoms with Gasteiger partial charge < -0.3 is 13.9 Å². The Labute approximate surface area is 142 Å². The average Bonchev–Trinajstić information content (AvgIpc) is 3.34. The van der Waals surface area contributed by atoms with Crippen LogP contribution in [0.3, 0.4) is 0 Å². The van der Waals surface area contributed by atoms with Crippen LogP contribution in [0.5, 0.6) is 5.75 Å². The molecule has 7 heteroatoms. The van der Waals surface area contributed by atoms with Crippen molar-refractivity contribution in [2.45, 2.75) is 18.7 Å². The van der Waals surface area contributed by atoms with Crippen molar-refractivity contribution < 1.29 is 9.29 Å². The lowest BCUT2D eigenvalue weighted by Crippen LogP contribution is -2.24. The maximum atomic E-state index is 12.2. The first-order valence-electron chi connectivity index (χ1n) is 7.78. The van der Waals surface area contributed by atoms with Crippen molar-refractivity contribution in [1.29, 1.82) is 0 Å². The van der Waals surface area contributed by atoms with Crippen LogP contribution in [0.4, 0.5) is 0 Å². The second-order valence-electron chi connectivity index (χ2n) is 6.18. The molecule has 0 N–H and O–H groups in total. The molecule has 1 atom stereocenters. The molecule has 1 unspecified atom stereocenters. The molecule has 0 spiro atoms. The van der Waals surface area contributed by atoms with Gasteiger partial charge >= 0.3 is 0 Å². The molecule has 2 aromatic rings. The Morgan fingerprint density at radius 2 is 2.00 bits per heavy atom. The highest BCUT2D eigenvalue weighted by Crippen LogP contribution is 2.32. The molecule has 1 aliphatic rings. The van der Waals surface area contributed by atoms with E-state index in [4.69, 9.17) is 4.74 Å².